The summed E-state index contributed by atoms with van der Waals surface area (Å²) in [5, 5.41) is 25.4. The van der Waals surface area contributed by atoms with Gasteiger partial charge in [0.2, 0.25) is 0 Å². The second kappa shape index (κ2) is 10.4. The summed E-state index contributed by atoms with van der Waals surface area (Å²) < 4.78 is 4.97. The molecular formula is C11H26O4. The summed E-state index contributed by atoms with van der Waals surface area (Å²) in [4.78, 5) is 0. The van der Waals surface area contributed by atoms with E-state index in [9.17, 15) is 5.11 Å². The molecule has 1 aliphatic heterocycles. The Kier molecular flexibility index (Phi) is 11.9. The Labute approximate surface area is 92.9 Å². The van der Waals surface area contributed by atoms with E-state index in [1.54, 1.807) is 6.92 Å². The van der Waals surface area contributed by atoms with Gasteiger partial charge in [-0.3, -0.25) is 0 Å². The van der Waals surface area contributed by atoms with E-state index < -0.39 is 12.4 Å². The van der Waals surface area contributed by atoms with Crippen molar-refractivity contribution < 1.29 is 20.1 Å². The minimum atomic E-state index is -0.687. The Morgan fingerprint density at radius 2 is 1.53 bits per heavy atom. The van der Waals surface area contributed by atoms with Crippen molar-refractivity contribution in [3.8, 4) is 0 Å². The van der Waals surface area contributed by atoms with E-state index in [1.807, 2.05) is 6.92 Å². The Bertz CT molecular complexity index is 118. The van der Waals surface area contributed by atoms with Crippen LogP contribution in [-0.4, -0.2) is 40.9 Å². The normalized spacial score (nSPS) is 34.4. The van der Waals surface area contributed by atoms with Gasteiger partial charge in [0.25, 0.3) is 0 Å². The minimum absolute atomic E-state index is 0.138. The average molecular weight is 222 g/mol. The highest BCUT2D eigenvalue weighted by molar-refractivity contribution is 4.76. The number of hydrogen-bond donors (Lipinski definition) is 3. The predicted octanol–water partition coefficient (Wildman–Crippen LogP) is 1.14. The molecule has 0 bridgehead atoms. The number of ether oxygens (including phenoxy) is 1. The van der Waals surface area contributed by atoms with E-state index in [0.717, 1.165) is 7.11 Å². The van der Waals surface area contributed by atoms with Crippen LogP contribution in [0, 0.1) is 5.92 Å². The van der Waals surface area contributed by atoms with E-state index in [1.165, 1.54) is 6.42 Å². The lowest BCUT2D eigenvalue weighted by molar-refractivity contribution is -0.209. The van der Waals surface area contributed by atoms with Gasteiger partial charge in [-0.25, -0.2) is 0 Å². The standard InChI is InChI=1S/C7H14O3.C3H8.CH4O/c1-4-3-6(8)10-5(2)7(4)9;1-3-2;1-2/h4-9H,3H2,1-2H3;3H2,1-2H3;2H,1H3/t4?,5-,6+,7+;;/m0../s1. The maximum absolute atomic E-state index is 9.33. The maximum atomic E-state index is 9.33. The topological polar surface area (TPSA) is 69.9 Å². The first-order chi connectivity index (χ1) is 7.02. The van der Waals surface area contributed by atoms with Crippen molar-refractivity contribution in [2.45, 2.75) is 59.0 Å². The van der Waals surface area contributed by atoms with Crippen LogP contribution in [0.25, 0.3) is 0 Å². The number of aliphatic hydroxyl groups is 3. The molecule has 4 atom stereocenters. The molecule has 0 aliphatic carbocycles. The lowest BCUT2D eigenvalue weighted by Crippen LogP contribution is -2.42. The first-order valence-corrected chi connectivity index (χ1v) is 5.49. The molecule has 0 saturated carbocycles. The van der Waals surface area contributed by atoms with Gasteiger partial charge in [0, 0.05) is 13.5 Å². The molecular weight excluding hydrogens is 196 g/mol. The molecule has 0 aromatic heterocycles. The first kappa shape index (κ1) is 17.2. The molecule has 0 spiro atoms. The second-order valence-electron chi connectivity index (χ2n) is 3.71. The minimum Gasteiger partial charge on any atom is -0.400 e. The van der Waals surface area contributed by atoms with Crippen LogP contribution in [0.4, 0.5) is 0 Å². The molecule has 1 unspecified atom stereocenters. The summed E-state index contributed by atoms with van der Waals surface area (Å²) in [6.07, 6.45) is 0.432. The third kappa shape index (κ3) is 7.73. The SMILES string of the molecule is CC1C[C@H](O)O[C@@H](C)[C@@H]1O.CCC.CO. The Morgan fingerprint density at radius 1 is 1.13 bits per heavy atom. The first-order valence-electron chi connectivity index (χ1n) is 5.49. The summed E-state index contributed by atoms with van der Waals surface area (Å²) in [7, 11) is 1.00. The zero-order chi connectivity index (χ0) is 12.4. The Morgan fingerprint density at radius 3 is 1.87 bits per heavy atom. The van der Waals surface area contributed by atoms with Crippen molar-refractivity contribution in [2.75, 3.05) is 7.11 Å². The molecule has 0 aromatic carbocycles. The summed E-state index contributed by atoms with van der Waals surface area (Å²) in [5.74, 6) is 0.138. The fourth-order valence-electron chi connectivity index (χ4n) is 1.30. The molecule has 1 rings (SSSR count). The largest absolute Gasteiger partial charge is 0.400 e. The third-order valence-corrected chi connectivity index (χ3v) is 2.01. The van der Waals surface area contributed by atoms with Crippen molar-refractivity contribution in [2.24, 2.45) is 5.92 Å². The van der Waals surface area contributed by atoms with Gasteiger partial charge in [-0.05, 0) is 12.8 Å². The van der Waals surface area contributed by atoms with Crippen molar-refractivity contribution in [1.29, 1.82) is 0 Å². The van der Waals surface area contributed by atoms with Gasteiger partial charge < -0.3 is 20.1 Å². The number of hydrogen-bond acceptors (Lipinski definition) is 4. The van der Waals surface area contributed by atoms with Crippen molar-refractivity contribution in [3.63, 3.8) is 0 Å². The van der Waals surface area contributed by atoms with Gasteiger partial charge in [-0.2, -0.15) is 0 Å². The molecule has 1 aliphatic rings. The van der Waals surface area contributed by atoms with Gasteiger partial charge in [-0.15, -0.1) is 0 Å². The molecule has 94 valence electrons. The molecule has 15 heavy (non-hydrogen) atoms. The molecule has 4 nitrogen and oxygen atoms in total. The van der Waals surface area contributed by atoms with Crippen LogP contribution >= 0.6 is 0 Å². The van der Waals surface area contributed by atoms with E-state index >= 15 is 0 Å². The molecule has 1 fully saturated rings. The number of rotatable bonds is 0. The molecule has 3 N–H and O–H groups in total. The van der Waals surface area contributed by atoms with E-state index in [2.05, 4.69) is 13.8 Å². The summed E-state index contributed by atoms with van der Waals surface area (Å²) >= 11 is 0. The zero-order valence-corrected chi connectivity index (χ0v) is 10.5. The Balaban J connectivity index is 0. The van der Waals surface area contributed by atoms with E-state index in [-0.39, 0.29) is 12.0 Å². The van der Waals surface area contributed by atoms with Gasteiger partial charge in [0.15, 0.2) is 6.29 Å². The van der Waals surface area contributed by atoms with Gasteiger partial charge in [0.05, 0.1) is 12.2 Å². The highest BCUT2D eigenvalue weighted by Gasteiger charge is 2.30. The van der Waals surface area contributed by atoms with Crippen LogP contribution < -0.4 is 0 Å². The maximum Gasteiger partial charge on any atom is 0.155 e. The molecule has 0 aromatic rings. The average Bonchev–Trinajstić information content (AvgIpc) is 2.18. The van der Waals surface area contributed by atoms with Crippen LogP contribution in [0.1, 0.15) is 40.5 Å². The summed E-state index contributed by atoms with van der Waals surface area (Å²) in [6.45, 7) is 7.93. The van der Waals surface area contributed by atoms with Crippen LogP contribution in [0.2, 0.25) is 0 Å². The summed E-state index contributed by atoms with van der Waals surface area (Å²) in [5.41, 5.74) is 0. The number of aliphatic hydroxyl groups excluding tert-OH is 3. The lowest BCUT2D eigenvalue weighted by Gasteiger charge is -2.33. The molecule has 1 heterocycles. The third-order valence-electron chi connectivity index (χ3n) is 2.01. The highest BCUT2D eigenvalue weighted by atomic mass is 16.6. The zero-order valence-electron chi connectivity index (χ0n) is 10.5. The van der Waals surface area contributed by atoms with Gasteiger partial charge in [0.1, 0.15) is 0 Å². The van der Waals surface area contributed by atoms with E-state index in [4.69, 9.17) is 14.9 Å². The van der Waals surface area contributed by atoms with E-state index in [0.29, 0.717) is 6.42 Å². The second-order valence-corrected chi connectivity index (χ2v) is 3.71. The fraction of sp³-hybridized carbons (Fsp3) is 1.00. The van der Waals surface area contributed by atoms with Crippen LogP contribution in [0.3, 0.4) is 0 Å². The van der Waals surface area contributed by atoms with Gasteiger partial charge >= 0.3 is 0 Å². The van der Waals surface area contributed by atoms with Crippen LogP contribution in [-0.2, 0) is 4.74 Å². The fourth-order valence-corrected chi connectivity index (χ4v) is 1.30. The quantitative estimate of drug-likeness (QED) is 0.575. The highest BCUT2D eigenvalue weighted by Crippen LogP contribution is 2.23. The summed E-state index contributed by atoms with van der Waals surface area (Å²) in [6, 6.07) is 0. The smallest absolute Gasteiger partial charge is 0.155 e. The predicted molar refractivity (Wildman–Crippen MR) is 60.4 cm³/mol. The van der Waals surface area contributed by atoms with Gasteiger partial charge in [-0.1, -0.05) is 27.2 Å². The Hall–Kier alpha value is -0.160. The molecule has 4 heteroatoms. The van der Waals surface area contributed by atoms with Crippen LogP contribution in [0.5, 0.6) is 0 Å². The van der Waals surface area contributed by atoms with Crippen molar-refractivity contribution in [1.82, 2.24) is 0 Å². The monoisotopic (exact) mass is 222 g/mol. The van der Waals surface area contributed by atoms with Crippen molar-refractivity contribution >= 4 is 0 Å². The lowest BCUT2D eigenvalue weighted by atomic mass is 9.94. The molecule has 0 amide bonds. The molecule has 0 radical (unpaired) electrons. The van der Waals surface area contributed by atoms with Crippen molar-refractivity contribution in [3.05, 3.63) is 0 Å². The molecule has 1 saturated heterocycles. The van der Waals surface area contributed by atoms with Crippen LogP contribution in [0.15, 0.2) is 0 Å².